The van der Waals surface area contributed by atoms with Crippen LogP contribution in [0.4, 0.5) is 0 Å². The van der Waals surface area contributed by atoms with Gasteiger partial charge >= 0.3 is 0 Å². The van der Waals surface area contributed by atoms with Crippen LogP contribution in [-0.4, -0.2) is 21.6 Å². The molecule has 1 aliphatic heterocycles. The molecule has 78 valence electrons. The van der Waals surface area contributed by atoms with Gasteiger partial charge in [-0.2, -0.15) is 16.7 Å². The van der Waals surface area contributed by atoms with Gasteiger partial charge in [0.25, 0.3) is 0 Å². The van der Waals surface area contributed by atoms with Gasteiger partial charge in [0.2, 0.25) is 5.89 Å². The van der Waals surface area contributed by atoms with Crippen LogP contribution in [0, 0.1) is 0 Å². The summed E-state index contributed by atoms with van der Waals surface area (Å²) in [6, 6.07) is -0.106. The maximum Gasteiger partial charge on any atom is 0.243 e. The number of hydrogen-bond donors (Lipinski definition) is 1. The second-order valence-corrected chi connectivity index (χ2v) is 4.72. The van der Waals surface area contributed by atoms with Crippen LogP contribution in [0.25, 0.3) is 0 Å². The zero-order chi connectivity index (χ0) is 9.97. The van der Waals surface area contributed by atoms with E-state index in [1.807, 2.05) is 18.7 Å². The van der Waals surface area contributed by atoms with Gasteiger partial charge in [-0.25, -0.2) is 0 Å². The molecule has 1 fully saturated rings. The molecule has 0 bridgehead atoms. The third kappa shape index (κ3) is 1.93. The van der Waals surface area contributed by atoms with Gasteiger partial charge < -0.3 is 10.3 Å². The number of hydrogen-bond acceptors (Lipinski definition) is 5. The van der Waals surface area contributed by atoms with E-state index in [1.165, 1.54) is 5.75 Å². The van der Waals surface area contributed by atoms with Crippen molar-refractivity contribution >= 4 is 11.8 Å². The second kappa shape index (κ2) is 4.31. The lowest BCUT2D eigenvalue weighted by Crippen LogP contribution is -2.09. The van der Waals surface area contributed by atoms with Crippen molar-refractivity contribution in [2.75, 3.05) is 11.5 Å². The van der Waals surface area contributed by atoms with Crippen molar-refractivity contribution in [3.8, 4) is 0 Å². The zero-order valence-corrected chi connectivity index (χ0v) is 9.09. The van der Waals surface area contributed by atoms with Gasteiger partial charge in [0.15, 0.2) is 5.82 Å². The Morgan fingerprint density at radius 1 is 1.71 bits per heavy atom. The van der Waals surface area contributed by atoms with Crippen LogP contribution in [0.1, 0.15) is 43.4 Å². The molecule has 0 radical (unpaired) electrons. The molecule has 1 aromatic rings. The van der Waals surface area contributed by atoms with Gasteiger partial charge in [0.05, 0.1) is 6.04 Å². The van der Waals surface area contributed by atoms with Crippen LogP contribution in [0.5, 0.6) is 0 Å². The number of nitrogens with two attached hydrogens (primary N) is 1. The van der Waals surface area contributed by atoms with Gasteiger partial charge in [-0.1, -0.05) is 12.1 Å². The summed E-state index contributed by atoms with van der Waals surface area (Å²) in [5.41, 5.74) is 5.80. The summed E-state index contributed by atoms with van der Waals surface area (Å²) in [4.78, 5) is 4.35. The first-order chi connectivity index (χ1) is 6.81. The maximum atomic E-state index is 5.80. The lowest BCUT2D eigenvalue weighted by Gasteiger charge is -2.00. The van der Waals surface area contributed by atoms with Crippen molar-refractivity contribution in [2.45, 2.75) is 31.7 Å². The Morgan fingerprint density at radius 2 is 2.57 bits per heavy atom. The highest BCUT2D eigenvalue weighted by Crippen LogP contribution is 2.30. The summed E-state index contributed by atoms with van der Waals surface area (Å²) >= 11 is 1.95. The molecule has 0 aromatic carbocycles. The van der Waals surface area contributed by atoms with Crippen molar-refractivity contribution in [2.24, 2.45) is 5.73 Å². The van der Waals surface area contributed by atoms with Crippen LogP contribution < -0.4 is 5.73 Å². The molecule has 0 amide bonds. The minimum atomic E-state index is -0.106. The summed E-state index contributed by atoms with van der Waals surface area (Å²) in [5, 5.41) is 3.99. The lowest BCUT2D eigenvalue weighted by atomic mass is 10.1. The van der Waals surface area contributed by atoms with Gasteiger partial charge in [-0.15, -0.1) is 0 Å². The number of thioether (sulfide) groups is 1. The second-order valence-electron chi connectivity index (χ2n) is 3.57. The van der Waals surface area contributed by atoms with E-state index < -0.39 is 0 Å². The van der Waals surface area contributed by atoms with E-state index >= 15 is 0 Å². The first kappa shape index (κ1) is 9.98. The van der Waals surface area contributed by atoms with Crippen LogP contribution in [0.15, 0.2) is 4.52 Å². The zero-order valence-electron chi connectivity index (χ0n) is 8.27. The normalized spacial score (nSPS) is 24.0. The summed E-state index contributed by atoms with van der Waals surface area (Å²) in [6.45, 7) is 2.01. The molecule has 2 rings (SSSR count). The third-order valence-electron chi connectivity index (χ3n) is 2.51. The molecule has 0 aliphatic carbocycles. The fourth-order valence-electron chi connectivity index (χ4n) is 1.48. The van der Waals surface area contributed by atoms with E-state index in [9.17, 15) is 0 Å². The van der Waals surface area contributed by atoms with Crippen LogP contribution in [0.2, 0.25) is 0 Å². The predicted octanol–water partition coefficient (Wildman–Crippen LogP) is 1.70. The monoisotopic (exact) mass is 213 g/mol. The molecule has 1 saturated heterocycles. The molecule has 0 spiro atoms. The average molecular weight is 213 g/mol. The SMILES string of the molecule is CCC(N)c1nc(C2CCSC2)no1. The maximum absolute atomic E-state index is 5.80. The number of nitrogens with zero attached hydrogens (tertiary/aromatic N) is 2. The molecule has 1 aromatic heterocycles. The largest absolute Gasteiger partial charge is 0.338 e. The Bertz CT molecular complexity index is 296. The Morgan fingerprint density at radius 3 is 3.21 bits per heavy atom. The van der Waals surface area contributed by atoms with E-state index in [4.69, 9.17) is 10.3 Å². The molecule has 0 saturated carbocycles. The first-order valence-corrected chi connectivity index (χ1v) is 6.13. The molecule has 5 heteroatoms. The van der Waals surface area contributed by atoms with Gasteiger partial charge in [-0.3, -0.25) is 0 Å². The molecule has 2 heterocycles. The molecule has 1 aliphatic rings. The number of aromatic nitrogens is 2. The highest BCUT2D eigenvalue weighted by molar-refractivity contribution is 7.99. The van der Waals surface area contributed by atoms with Crippen molar-refractivity contribution in [3.63, 3.8) is 0 Å². The smallest absolute Gasteiger partial charge is 0.243 e. The Labute approximate surface area is 87.6 Å². The number of rotatable bonds is 3. The van der Waals surface area contributed by atoms with Crippen molar-refractivity contribution in [1.29, 1.82) is 0 Å². The fourth-order valence-corrected chi connectivity index (χ4v) is 2.69. The summed E-state index contributed by atoms with van der Waals surface area (Å²) in [6.07, 6.45) is 1.99. The Balaban J connectivity index is 2.08. The highest BCUT2D eigenvalue weighted by Gasteiger charge is 2.23. The molecule has 4 nitrogen and oxygen atoms in total. The Hall–Kier alpha value is -0.550. The van der Waals surface area contributed by atoms with Gasteiger partial charge in [0.1, 0.15) is 0 Å². The Kier molecular flexibility index (Phi) is 3.08. The predicted molar refractivity (Wildman–Crippen MR) is 56.2 cm³/mol. The van der Waals surface area contributed by atoms with Crippen molar-refractivity contribution < 1.29 is 4.52 Å². The van der Waals surface area contributed by atoms with E-state index in [0.29, 0.717) is 11.8 Å². The first-order valence-electron chi connectivity index (χ1n) is 4.98. The fraction of sp³-hybridized carbons (Fsp3) is 0.778. The molecule has 2 N–H and O–H groups in total. The quantitative estimate of drug-likeness (QED) is 0.827. The molecule has 14 heavy (non-hydrogen) atoms. The van der Waals surface area contributed by atoms with Crippen molar-refractivity contribution in [1.82, 2.24) is 10.1 Å². The molecule has 2 unspecified atom stereocenters. The average Bonchev–Trinajstić information content (AvgIpc) is 2.86. The topological polar surface area (TPSA) is 64.9 Å². The molecular formula is C9H15N3OS. The van der Waals surface area contributed by atoms with Crippen molar-refractivity contribution in [3.05, 3.63) is 11.7 Å². The highest BCUT2D eigenvalue weighted by atomic mass is 32.2. The van der Waals surface area contributed by atoms with Crippen LogP contribution in [-0.2, 0) is 0 Å². The lowest BCUT2D eigenvalue weighted by molar-refractivity contribution is 0.346. The standard InChI is InChI=1S/C9H15N3OS/c1-2-7(10)9-11-8(12-13-9)6-3-4-14-5-6/h6-7H,2-5,10H2,1H3. The summed E-state index contributed by atoms with van der Waals surface area (Å²) < 4.78 is 5.13. The van der Waals surface area contributed by atoms with E-state index in [1.54, 1.807) is 0 Å². The molecular weight excluding hydrogens is 198 g/mol. The third-order valence-corrected chi connectivity index (χ3v) is 3.67. The van der Waals surface area contributed by atoms with E-state index in [2.05, 4.69) is 10.1 Å². The van der Waals surface area contributed by atoms with Gasteiger partial charge in [0, 0.05) is 11.7 Å². The minimum absolute atomic E-state index is 0.106. The van der Waals surface area contributed by atoms with E-state index in [-0.39, 0.29) is 6.04 Å². The van der Waals surface area contributed by atoms with Crippen LogP contribution in [0.3, 0.4) is 0 Å². The minimum Gasteiger partial charge on any atom is -0.338 e. The molecule has 2 atom stereocenters. The summed E-state index contributed by atoms with van der Waals surface area (Å²) in [5.74, 6) is 4.21. The van der Waals surface area contributed by atoms with E-state index in [0.717, 1.165) is 24.4 Å². The summed E-state index contributed by atoms with van der Waals surface area (Å²) in [7, 11) is 0. The van der Waals surface area contributed by atoms with Gasteiger partial charge in [-0.05, 0) is 18.6 Å². The van der Waals surface area contributed by atoms with Crippen LogP contribution >= 0.6 is 11.8 Å².